The second-order valence-electron chi connectivity index (χ2n) is 1.54. The minimum absolute atomic E-state index is 0.301. The van der Waals surface area contributed by atoms with Crippen LogP contribution < -0.4 is 4.74 Å². The Kier molecular flexibility index (Phi) is 2.17. The van der Waals surface area contributed by atoms with Gasteiger partial charge in [0, 0.05) is 24.5 Å². The SMILES string of the molecule is OC(=S)Oc1ccccn1. The van der Waals surface area contributed by atoms with Crippen LogP contribution in [0.25, 0.3) is 0 Å². The molecule has 52 valence electrons. The Hall–Kier alpha value is -1.16. The fourth-order valence-electron chi connectivity index (χ4n) is 0.497. The molecule has 1 aromatic heterocycles. The van der Waals surface area contributed by atoms with Crippen LogP contribution >= 0.6 is 12.2 Å². The van der Waals surface area contributed by atoms with Crippen LogP contribution in [0.1, 0.15) is 0 Å². The lowest BCUT2D eigenvalue weighted by atomic mass is 10.5. The Morgan fingerprint density at radius 1 is 1.60 bits per heavy atom. The molecule has 0 saturated carbocycles. The number of thiocarbonyl (C=S) groups is 1. The van der Waals surface area contributed by atoms with Gasteiger partial charge in [-0.25, -0.2) is 4.98 Å². The van der Waals surface area contributed by atoms with Crippen LogP contribution in [0.4, 0.5) is 0 Å². The molecule has 1 aromatic rings. The van der Waals surface area contributed by atoms with Gasteiger partial charge in [0.15, 0.2) is 0 Å². The molecule has 0 spiro atoms. The number of aliphatic hydroxyl groups excluding tert-OH is 1. The fraction of sp³-hybridized carbons (Fsp3) is 0. The first-order valence-electron chi connectivity index (χ1n) is 2.61. The van der Waals surface area contributed by atoms with Crippen molar-refractivity contribution in [3.05, 3.63) is 24.4 Å². The predicted molar refractivity (Wildman–Crippen MR) is 40.1 cm³/mol. The highest BCUT2D eigenvalue weighted by Crippen LogP contribution is 2.02. The maximum atomic E-state index is 8.48. The lowest BCUT2D eigenvalue weighted by Gasteiger charge is -1.96. The van der Waals surface area contributed by atoms with Crippen LogP contribution in [0.5, 0.6) is 5.88 Å². The molecule has 0 aromatic carbocycles. The first kappa shape index (κ1) is 6.95. The summed E-state index contributed by atoms with van der Waals surface area (Å²) < 4.78 is 4.59. The molecule has 0 unspecified atom stereocenters. The fourth-order valence-corrected chi connectivity index (χ4v) is 0.582. The zero-order chi connectivity index (χ0) is 7.40. The average Bonchev–Trinajstić information content (AvgIpc) is 1.88. The molecule has 0 amide bonds. The molecule has 4 heteroatoms. The van der Waals surface area contributed by atoms with E-state index in [1.165, 1.54) is 0 Å². The van der Waals surface area contributed by atoms with Crippen molar-refractivity contribution in [2.24, 2.45) is 0 Å². The summed E-state index contributed by atoms with van der Waals surface area (Å²) in [5.41, 5.74) is 0. The molecular formula is C6H5NO2S. The largest absolute Gasteiger partial charge is 0.472 e. The second-order valence-corrected chi connectivity index (χ2v) is 1.89. The van der Waals surface area contributed by atoms with Gasteiger partial charge in [-0.1, -0.05) is 6.07 Å². The van der Waals surface area contributed by atoms with E-state index < -0.39 is 5.24 Å². The van der Waals surface area contributed by atoms with Crippen molar-refractivity contribution in [3.63, 3.8) is 0 Å². The third-order valence-electron chi connectivity index (χ3n) is 0.830. The Balaban J connectivity index is 2.67. The summed E-state index contributed by atoms with van der Waals surface area (Å²) in [6, 6.07) is 5.08. The number of aromatic nitrogens is 1. The van der Waals surface area contributed by atoms with E-state index in [0.717, 1.165) is 0 Å². The molecule has 0 bridgehead atoms. The van der Waals surface area contributed by atoms with E-state index in [2.05, 4.69) is 21.9 Å². The normalized spacial score (nSPS) is 8.80. The predicted octanol–water partition coefficient (Wildman–Crippen LogP) is 1.30. The van der Waals surface area contributed by atoms with E-state index in [1.807, 2.05) is 0 Å². The second kappa shape index (κ2) is 3.12. The minimum Gasteiger partial charge on any atom is -0.472 e. The van der Waals surface area contributed by atoms with E-state index >= 15 is 0 Å². The van der Waals surface area contributed by atoms with Gasteiger partial charge in [0.25, 0.3) is 0 Å². The first-order valence-corrected chi connectivity index (χ1v) is 3.01. The molecule has 0 atom stereocenters. The molecule has 1 N–H and O–H groups in total. The Morgan fingerprint density at radius 3 is 2.90 bits per heavy atom. The molecular weight excluding hydrogens is 150 g/mol. The van der Waals surface area contributed by atoms with Gasteiger partial charge < -0.3 is 9.84 Å². The van der Waals surface area contributed by atoms with Crippen molar-refractivity contribution in [1.29, 1.82) is 0 Å². The van der Waals surface area contributed by atoms with Gasteiger partial charge in [0.05, 0.1) is 0 Å². The highest BCUT2D eigenvalue weighted by atomic mass is 32.1. The molecule has 3 nitrogen and oxygen atoms in total. The lowest BCUT2D eigenvalue weighted by molar-refractivity contribution is 0.386. The first-order chi connectivity index (χ1) is 4.79. The zero-order valence-corrected chi connectivity index (χ0v) is 5.84. The monoisotopic (exact) mass is 155 g/mol. The molecule has 1 rings (SSSR count). The maximum absolute atomic E-state index is 8.48. The molecule has 0 aliphatic carbocycles. The number of ether oxygens (including phenoxy) is 1. The van der Waals surface area contributed by atoms with Crippen molar-refractivity contribution in [1.82, 2.24) is 4.98 Å². The summed E-state index contributed by atoms with van der Waals surface area (Å²) >= 11 is 4.27. The number of nitrogens with zero attached hydrogens (tertiary/aromatic N) is 1. The maximum Gasteiger partial charge on any atom is 0.356 e. The molecule has 0 aliphatic rings. The number of rotatable bonds is 1. The van der Waals surface area contributed by atoms with Crippen LogP contribution in [-0.4, -0.2) is 15.3 Å². The Labute approximate surface area is 63.3 Å². The Morgan fingerprint density at radius 2 is 2.40 bits per heavy atom. The third kappa shape index (κ3) is 1.99. The molecule has 0 radical (unpaired) electrons. The van der Waals surface area contributed by atoms with Gasteiger partial charge in [0.2, 0.25) is 5.88 Å². The van der Waals surface area contributed by atoms with Crippen molar-refractivity contribution >= 4 is 17.5 Å². The van der Waals surface area contributed by atoms with Crippen LogP contribution in [-0.2, 0) is 0 Å². The van der Waals surface area contributed by atoms with Crippen LogP contribution in [0.15, 0.2) is 24.4 Å². The number of aliphatic hydroxyl groups is 1. The molecule has 0 aliphatic heterocycles. The van der Waals surface area contributed by atoms with Crippen molar-refractivity contribution < 1.29 is 9.84 Å². The summed E-state index contributed by atoms with van der Waals surface area (Å²) in [4.78, 5) is 3.75. The van der Waals surface area contributed by atoms with E-state index in [0.29, 0.717) is 5.88 Å². The minimum atomic E-state index is -0.515. The van der Waals surface area contributed by atoms with E-state index in [-0.39, 0.29) is 0 Å². The topological polar surface area (TPSA) is 42.4 Å². The smallest absolute Gasteiger partial charge is 0.356 e. The number of pyridine rings is 1. The zero-order valence-electron chi connectivity index (χ0n) is 5.02. The standard InChI is InChI=1S/C6H5NO2S/c8-6(10)9-5-3-1-2-4-7-5/h1-4H,(H,8,10). The van der Waals surface area contributed by atoms with Crippen LogP contribution in [0.2, 0.25) is 0 Å². The van der Waals surface area contributed by atoms with Gasteiger partial charge in [-0.15, -0.1) is 0 Å². The summed E-state index contributed by atoms with van der Waals surface area (Å²) in [7, 11) is 0. The summed E-state index contributed by atoms with van der Waals surface area (Å²) in [5, 5.41) is 7.96. The molecule has 0 fully saturated rings. The summed E-state index contributed by atoms with van der Waals surface area (Å²) in [6.07, 6.45) is 1.55. The van der Waals surface area contributed by atoms with Gasteiger partial charge >= 0.3 is 5.24 Å². The van der Waals surface area contributed by atoms with Crippen molar-refractivity contribution in [2.75, 3.05) is 0 Å². The van der Waals surface area contributed by atoms with Gasteiger partial charge in [-0.2, -0.15) is 0 Å². The lowest BCUT2D eigenvalue weighted by Crippen LogP contribution is -2.03. The summed E-state index contributed by atoms with van der Waals surface area (Å²) in [5.74, 6) is 0.301. The van der Waals surface area contributed by atoms with Crippen LogP contribution in [0.3, 0.4) is 0 Å². The van der Waals surface area contributed by atoms with Crippen molar-refractivity contribution in [3.8, 4) is 5.88 Å². The van der Waals surface area contributed by atoms with Crippen LogP contribution in [0, 0.1) is 0 Å². The van der Waals surface area contributed by atoms with E-state index in [4.69, 9.17) is 5.11 Å². The quantitative estimate of drug-likeness (QED) is 0.621. The number of hydrogen-bond acceptors (Lipinski definition) is 3. The van der Waals surface area contributed by atoms with E-state index in [1.54, 1.807) is 24.4 Å². The van der Waals surface area contributed by atoms with Crippen molar-refractivity contribution in [2.45, 2.75) is 0 Å². The highest BCUT2D eigenvalue weighted by Gasteiger charge is 1.94. The average molecular weight is 155 g/mol. The van der Waals surface area contributed by atoms with Gasteiger partial charge in [-0.05, 0) is 6.07 Å². The van der Waals surface area contributed by atoms with Gasteiger partial charge in [-0.3, -0.25) is 0 Å². The Bertz CT molecular complexity index is 224. The molecule has 1 heterocycles. The number of hydrogen-bond donors (Lipinski definition) is 1. The molecule has 10 heavy (non-hydrogen) atoms. The third-order valence-corrected chi connectivity index (χ3v) is 0.913. The highest BCUT2D eigenvalue weighted by molar-refractivity contribution is 7.79. The van der Waals surface area contributed by atoms with E-state index in [9.17, 15) is 0 Å². The summed E-state index contributed by atoms with van der Waals surface area (Å²) in [6.45, 7) is 0. The molecule has 0 saturated heterocycles. The van der Waals surface area contributed by atoms with Gasteiger partial charge in [0.1, 0.15) is 0 Å².